The quantitative estimate of drug-likeness (QED) is 0.623. The SMILES string of the molecule is O=C1CN=CNc2c1ncn2CCCCC(Cc1cccc(Br)c1)C(=O)O. The van der Waals surface area contributed by atoms with Gasteiger partial charge in [-0.1, -0.05) is 34.5 Å². The molecule has 2 heterocycles. The topological polar surface area (TPSA) is 96.6 Å². The van der Waals surface area contributed by atoms with Crippen molar-refractivity contribution >= 4 is 39.8 Å². The number of Topliss-reactive ketones (excluding diaryl/α,β-unsaturated/α-hetero) is 1. The zero-order valence-electron chi connectivity index (χ0n) is 14.8. The maximum Gasteiger partial charge on any atom is 0.306 e. The van der Waals surface area contributed by atoms with E-state index in [1.54, 1.807) is 6.33 Å². The summed E-state index contributed by atoms with van der Waals surface area (Å²) in [6, 6.07) is 7.75. The van der Waals surface area contributed by atoms with Crippen molar-refractivity contribution in [2.75, 3.05) is 11.9 Å². The summed E-state index contributed by atoms with van der Waals surface area (Å²) >= 11 is 3.42. The van der Waals surface area contributed by atoms with Crippen molar-refractivity contribution in [2.45, 2.75) is 32.2 Å². The van der Waals surface area contributed by atoms with Gasteiger partial charge in [-0.15, -0.1) is 0 Å². The van der Waals surface area contributed by atoms with Crippen molar-refractivity contribution in [3.63, 3.8) is 0 Å². The van der Waals surface area contributed by atoms with Crippen molar-refractivity contribution in [3.8, 4) is 0 Å². The molecule has 0 aliphatic carbocycles. The summed E-state index contributed by atoms with van der Waals surface area (Å²) in [7, 11) is 0. The van der Waals surface area contributed by atoms with Gasteiger partial charge in [0.05, 0.1) is 18.6 Å². The van der Waals surface area contributed by atoms with Crippen LogP contribution in [0.2, 0.25) is 0 Å². The summed E-state index contributed by atoms with van der Waals surface area (Å²) in [5.41, 5.74) is 1.42. The lowest BCUT2D eigenvalue weighted by molar-refractivity contribution is -0.142. The second-order valence-electron chi connectivity index (χ2n) is 6.54. The predicted molar refractivity (Wildman–Crippen MR) is 106 cm³/mol. The first kappa shape index (κ1) is 19.3. The number of carboxylic acids is 1. The van der Waals surface area contributed by atoms with Crippen molar-refractivity contribution in [1.29, 1.82) is 0 Å². The Labute approximate surface area is 165 Å². The lowest BCUT2D eigenvalue weighted by atomic mass is 9.94. The van der Waals surface area contributed by atoms with E-state index in [4.69, 9.17) is 0 Å². The molecule has 1 aliphatic heterocycles. The third-order valence-electron chi connectivity index (χ3n) is 4.55. The number of hydrogen-bond acceptors (Lipinski definition) is 5. The highest BCUT2D eigenvalue weighted by Gasteiger charge is 2.20. The van der Waals surface area contributed by atoms with Crippen molar-refractivity contribution in [1.82, 2.24) is 9.55 Å². The van der Waals surface area contributed by atoms with Gasteiger partial charge in [0.2, 0.25) is 5.78 Å². The minimum atomic E-state index is -0.769. The number of unbranched alkanes of at least 4 members (excludes halogenated alkanes) is 1. The highest BCUT2D eigenvalue weighted by Crippen LogP contribution is 2.21. The standard InChI is InChI=1S/C19H21BrN4O3/c20-15-6-3-4-13(9-15)8-14(19(26)27)5-1-2-7-24-12-23-17-16(25)10-21-11-22-18(17)24/h3-4,6,9,11-12,14H,1-2,5,7-8,10H2,(H,21,22)(H,26,27). The number of aromatic nitrogens is 2. The fourth-order valence-corrected chi connectivity index (χ4v) is 3.60. The van der Waals surface area contributed by atoms with Gasteiger partial charge in [-0.05, 0) is 37.0 Å². The molecule has 1 aromatic heterocycles. The molecule has 0 radical (unpaired) electrons. The van der Waals surface area contributed by atoms with Crippen LogP contribution in [0.1, 0.15) is 35.3 Å². The van der Waals surface area contributed by atoms with Crippen LogP contribution in [-0.2, 0) is 17.8 Å². The van der Waals surface area contributed by atoms with Crippen LogP contribution >= 0.6 is 15.9 Å². The number of ketones is 1. The summed E-state index contributed by atoms with van der Waals surface area (Å²) < 4.78 is 2.84. The number of aryl methyl sites for hydroxylation is 1. The third kappa shape index (κ3) is 5.03. The number of anilines is 1. The van der Waals surface area contributed by atoms with Gasteiger partial charge in [0.25, 0.3) is 0 Å². The van der Waals surface area contributed by atoms with E-state index in [2.05, 4.69) is 31.2 Å². The van der Waals surface area contributed by atoms with Crippen LogP contribution in [0.4, 0.5) is 5.82 Å². The molecule has 1 unspecified atom stereocenters. The third-order valence-corrected chi connectivity index (χ3v) is 5.04. The molecule has 0 amide bonds. The molecule has 27 heavy (non-hydrogen) atoms. The van der Waals surface area contributed by atoms with Crippen LogP contribution in [0, 0.1) is 5.92 Å². The number of hydrogen-bond donors (Lipinski definition) is 2. The fraction of sp³-hybridized carbons (Fsp3) is 0.368. The second kappa shape index (κ2) is 8.94. The Balaban J connectivity index is 1.53. The average molecular weight is 433 g/mol. The van der Waals surface area contributed by atoms with Gasteiger partial charge in [0.1, 0.15) is 12.4 Å². The number of nitrogens with one attached hydrogen (secondary N) is 1. The number of aliphatic imine (C=N–C) groups is 1. The van der Waals surface area contributed by atoms with Gasteiger partial charge in [-0.2, -0.15) is 0 Å². The van der Waals surface area contributed by atoms with Gasteiger partial charge in [0, 0.05) is 11.0 Å². The molecule has 142 valence electrons. The lowest BCUT2D eigenvalue weighted by Gasteiger charge is -2.13. The fourth-order valence-electron chi connectivity index (χ4n) is 3.15. The Bertz CT molecular complexity index is 862. The molecule has 1 atom stereocenters. The second-order valence-corrected chi connectivity index (χ2v) is 7.45. The molecule has 8 heteroatoms. The largest absolute Gasteiger partial charge is 0.481 e. The van der Waals surface area contributed by atoms with Gasteiger partial charge in [-0.25, -0.2) is 4.98 Å². The monoisotopic (exact) mass is 432 g/mol. The number of imidazole rings is 1. The van der Waals surface area contributed by atoms with E-state index < -0.39 is 11.9 Å². The van der Waals surface area contributed by atoms with Gasteiger partial charge in [-0.3, -0.25) is 14.6 Å². The maximum absolute atomic E-state index is 11.9. The lowest BCUT2D eigenvalue weighted by Crippen LogP contribution is -2.16. The highest BCUT2D eigenvalue weighted by atomic mass is 79.9. The predicted octanol–water partition coefficient (Wildman–Crippen LogP) is 3.40. The number of aliphatic carboxylic acids is 1. The molecular formula is C19H21BrN4O3. The first-order valence-corrected chi connectivity index (χ1v) is 9.64. The molecule has 3 rings (SSSR count). The number of fused-ring (bicyclic) bond motifs is 1. The van der Waals surface area contributed by atoms with Crippen LogP contribution in [0.15, 0.2) is 40.1 Å². The Hall–Kier alpha value is -2.48. The molecule has 0 bridgehead atoms. The Morgan fingerprint density at radius 2 is 2.22 bits per heavy atom. The molecule has 2 N–H and O–H groups in total. The first-order valence-electron chi connectivity index (χ1n) is 8.85. The summed E-state index contributed by atoms with van der Waals surface area (Å²) in [5.74, 6) is -0.629. The summed E-state index contributed by atoms with van der Waals surface area (Å²) in [5, 5.41) is 12.5. The van der Waals surface area contributed by atoms with Crippen LogP contribution in [-0.4, -0.2) is 39.3 Å². The van der Waals surface area contributed by atoms with Crippen LogP contribution < -0.4 is 5.32 Å². The van der Waals surface area contributed by atoms with Gasteiger partial charge < -0.3 is 15.0 Å². The molecule has 1 aromatic carbocycles. The summed E-state index contributed by atoms with van der Waals surface area (Å²) in [6.45, 7) is 0.770. The molecule has 0 fully saturated rings. The molecular weight excluding hydrogens is 412 g/mol. The number of carbonyl (C=O) groups is 2. The van der Waals surface area contributed by atoms with Gasteiger partial charge in [0.15, 0.2) is 5.69 Å². The van der Waals surface area contributed by atoms with E-state index in [1.807, 2.05) is 28.8 Å². The van der Waals surface area contributed by atoms with E-state index in [1.165, 1.54) is 6.34 Å². The molecule has 0 saturated carbocycles. The smallest absolute Gasteiger partial charge is 0.306 e. The minimum Gasteiger partial charge on any atom is -0.481 e. The van der Waals surface area contributed by atoms with Crippen LogP contribution in [0.3, 0.4) is 0 Å². The van der Waals surface area contributed by atoms with Crippen LogP contribution in [0.5, 0.6) is 0 Å². The number of benzene rings is 1. The number of halogens is 1. The Morgan fingerprint density at radius 3 is 3.00 bits per heavy atom. The van der Waals surface area contributed by atoms with E-state index in [0.717, 1.165) is 22.9 Å². The number of rotatable bonds is 8. The zero-order chi connectivity index (χ0) is 19.2. The molecule has 7 nitrogen and oxygen atoms in total. The Morgan fingerprint density at radius 1 is 1.37 bits per heavy atom. The number of nitrogens with zero attached hydrogens (tertiary/aromatic N) is 3. The number of carboxylic acid groups (broad SMARTS) is 1. The van der Waals surface area contributed by atoms with Crippen molar-refractivity contribution in [3.05, 3.63) is 46.3 Å². The maximum atomic E-state index is 11.9. The van der Waals surface area contributed by atoms with E-state index >= 15 is 0 Å². The van der Waals surface area contributed by atoms with Crippen LogP contribution in [0.25, 0.3) is 0 Å². The highest BCUT2D eigenvalue weighted by molar-refractivity contribution is 9.10. The van der Waals surface area contributed by atoms with Gasteiger partial charge >= 0.3 is 5.97 Å². The molecule has 2 aromatic rings. The van der Waals surface area contributed by atoms with E-state index in [0.29, 0.717) is 30.9 Å². The van der Waals surface area contributed by atoms with Crippen molar-refractivity contribution < 1.29 is 14.7 Å². The summed E-state index contributed by atoms with van der Waals surface area (Å²) in [4.78, 5) is 31.6. The van der Waals surface area contributed by atoms with E-state index in [9.17, 15) is 14.7 Å². The Kier molecular flexibility index (Phi) is 6.39. The van der Waals surface area contributed by atoms with E-state index in [-0.39, 0.29) is 12.3 Å². The first-order chi connectivity index (χ1) is 13.0. The molecule has 0 saturated heterocycles. The average Bonchev–Trinajstić information content (AvgIpc) is 2.94. The summed E-state index contributed by atoms with van der Waals surface area (Å²) in [6.07, 6.45) is 5.86. The van der Waals surface area contributed by atoms with Crippen molar-refractivity contribution in [2.24, 2.45) is 10.9 Å². The minimum absolute atomic E-state index is 0.104. The normalized spacial score (nSPS) is 14.3. The zero-order valence-corrected chi connectivity index (χ0v) is 16.4. The number of carbonyl (C=O) groups excluding carboxylic acids is 1. The molecule has 0 spiro atoms. The molecule has 1 aliphatic rings.